The van der Waals surface area contributed by atoms with E-state index in [0.29, 0.717) is 11.5 Å². The maximum atomic E-state index is 12.1. The van der Waals surface area contributed by atoms with Gasteiger partial charge in [-0.25, -0.2) is 0 Å². The number of benzene rings is 1. The van der Waals surface area contributed by atoms with Gasteiger partial charge in [0.15, 0.2) is 0 Å². The van der Waals surface area contributed by atoms with Crippen LogP contribution in [0.15, 0.2) is 42.0 Å². The Hall–Kier alpha value is -1.88. The summed E-state index contributed by atoms with van der Waals surface area (Å²) in [5.41, 5.74) is 1.92. The summed E-state index contributed by atoms with van der Waals surface area (Å²) in [5.74, 6) is 0.539. The Morgan fingerprint density at radius 3 is 2.65 bits per heavy atom. The van der Waals surface area contributed by atoms with Crippen LogP contribution in [-0.2, 0) is 4.79 Å². The summed E-state index contributed by atoms with van der Waals surface area (Å²) in [6.45, 7) is 0. The molecule has 1 fully saturated rings. The molecule has 1 saturated carbocycles. The number of nitrogens with zero attached hydrogens (tertiary/aromatic N) is 1. The molecule has 0 amide bonds. The molecule has 1 aromatic carbocycles. The van der Waals surface area contributed by atoms with Crippen LogP contribution >= 0.6 is 0 Å². The van der Waals surface area contributed by atoms with Crippen LogP contribution in [0.3, 0.4) is 0 Å². The van der Waals surface area contributed by atoms with Gasteiger partial charge in [-0.15, -0.1) is 0 Å². The predicted molar refractivity (Wildman–Crippen MR) is 64.1 cm³/mol. The molecule has 2 nitrogen and oxygen atoms in total. The van der Waals surface area contributed by atoms with E-state index in [-0.39, 0.29) is 17.6 Å². The van der Waals surface area contributed by atoms with Gasteiger partial charge in [0, 0.05) is 11.5 Å². The zero-order chi connectivity index (χ0) is 11.8. The van der Waals surface area contributed by atoms with E-state index in [2.05, 4.69) is 18.2 Å². The van der Waals surface area contributed by atoms with Gasteiger partial charge in [-0.05, 0) is 24.3 Å². The monoisotopic (exact) mass is 223 g/mol. The van der Waals surface area contributed by atoms with Crippen LogP contribution in [0, 0.1) is 23.2 Å². The Morgan fingerprint density at radius 1 is 1.18 bits per heavy atom. The first-order chi connectivity index (χ1) is 8.31. The zero-order valence-electron chi connectivity index (χ0n) is 9.47. The van der Waals surface area contributed by atoms with Crippen molar-refractivity contribution in [3.05, 3.63) is 47.5 Å². The minimum Gasteiger partial charge on any atom is -0.299 e. The van der Waals surface area contributed by atoms with Gasteiger partial charge < -0.3 is 0 Å². The summed E-state index contributed by atoms with van der Waals surface area (Å²) in [7, 11) is 0. The van der Waals surface area contributed by atoms with Crippen LogP contribution < -0.4 is 0 Å². The highest BCUT2D eigenvalue weighted by atomic mass is 16.1. The van der Waals surface area contributed by atoms with E-state index in [4.69, 9.17) is 5.26 Å². The largest absolute Gasteiger partial charge is 0.299 e. The van der Waals surface area contributed by atoms with Crippen LogP contribution in [0.4, 0.5) is 0 Å². The fourth-order valence-corrected chi connectivity index (χ4v) is 3.14. The molecule has 0 heterocycles. The second kappa shape index (κ2) is 3.85. The van der Waals surface area contributed by atoms with Gasteiger partial charge in [0.1, 0.15) is 5.78 Å². The molecule has 2 aliphatic rings. The van der Waals surface area contributed by atoms with E-state index >= 15 is 0 Å². The number of allylic oxidation sites excluding steroid dienone is 2. The molecule has 1 aromatic rings. The zero-order valence-corrected chi connectivity index (χ0v) is 9.47. The second-order valence-electron chi connectivity index (χ2n) is 4.82. The molecule has 17 heavy (non-hydrogen) atoms. The quantitative estimate of drug-likeness (QED) is 0.734. The maximum Gasteiger partial charge on any atom is 0.145 e. The topological polar surface area (TPSA) is 40.9 Å². The molecule has 0 aliphatic heterocycles. The highest BCUT2D eigenvalue weighted by molar-refractivity contribution is 5.91. The molecular weight excluding hydrogens is 210 g/mol. The third kappa shape index (κ3) is 1.51. The van der Waals surface area contributed by atoms with Gasteiger partial charge in [-0.2, -0.15) is 5.26 Å². The lowest BCUT2D eigenvalue weighted by molar-refractivity contribution is -0.123. The Morgan fingerprint density at radius 2 is 1.94 bits per heavy atom. The van der Waals surface area contributed by atoms with Gasteiger partial charge in [0.25, 0.3) is 0 Å². The van der Waals surface area contributed by atoms with Crippen molar-refractivity contribution in [2.24, 2.45) is 11.8 Å². The van der Waals surface area contributed by atoms with Gasteiger partial charge in [0.05, 0.1) is 12.0 Å². The predicted octanol–water partition coefficient (Wildman–Crippen LogP) is 2.83. The Kier molecular flexibility index (Phi) is 2.33. The van der Waals surface area contributed by atoms with Crippen molar-refractivity contribution in [1.82, 2.24) is 0 Å². The van der Waals surface area contributed by atoms with Crippen LogP contribution in [0.25, 0.3) is 0 Å². The van der Waals surface area contributed by atoms with Crippen LogP contribution in [0.5, 0.6) is 0 Å². The second-order valence-corrected chi connectivity index (χ2v) is 4.82. The first kappa shape index (κ1) is 10.3. The number of carbonyl (C=O) groups excluding carboxylic acids is 1. The minimum atomic E-state index is -0.135. The number of nitriles is 1. The average Bonchev–Trinajstić information content (AvgIpc) is 2.60. The molecule has 0 saturated heterocycles. The normalized spacial score (nSPS) is 30.9. The van der Waals surface area contributed by atoms with Gasteiger partial charge in [-0.3, -0.25) is 4.79 Å². The van der Waals surface area contributed by atoms with E-state index in [1.165, 1.54) is 5.56 Å². The minimum absolute atomic E-state index is 0.0968. The third-order valence-electron chi connectivity index (χ3n) is 4.01. The number of carbonyl (C=O) groups is 1. The molecule has 2 heteroatoms. The Labute approximate surface area is 101 Å². The molecule has 2 bridgehead atoms. The highest BCUT2D eigenvalue weighted by Crippen LogP contribution is 2.47. The molecule has 0 N–H and O–H groups in total. The van der Waals surface area contributed by atoms with Crippen LogP contribution in [-0.4, -0.2) is 5.78 Å². The van der Waals surface area contributed by atoms with Crippen molar-refractivity contribution < 1.29 is 4.79 Å². The summed E-state index contributed by atoms with van der Waals surface area (Å²) >= 11 is 0. The van der Waals surface area contributed by atoms with Crippen LogP contribution in [0.2, 0.25) is 0 Å². The molecule has 84 valence electrons. The average molecular weight is 223 g/mol. The molecule has 0 unspecified atom stereocenters. The van der Waals surface area contributed by atoms with E-state index in [0.717, 1.165) is 12.8 Å². The lowest BCUT2D eigenvalue weighted by Crippen LogP contribution is -2.20. The SMILES string of the molecule is N#CC1=CC[C@H]2C(=O)[C@@H]1C[C@H]2c1ccccc1. The molecule has 3 atom stereocenters. The lowest BCUT2D eigenvalue weighted by atomic mass is 9.84. The summed E-state index contributed by atoms with van der Waals surface area (Å²) in [4.78, 5) is 12.1. The lowest BCUT2D eigenvalue weighted by Gasteiger charge is -2.18. The summed E-state index contributed by atoms with van der Waals surface area (Å²) < 4.78 is 0. The fraction of sp³-hybridized carbons (Fsp3) is 0.333. The van der Waals surface area contributed by atoms with Crippen molar-refractivity contribution in [1.29, 1.82) is 5.26 Å². The number of hydrogen-bond acceptors (Lipinski definition) is 2. The van der Waals surface area contributed by atoms with Crippen LogP contribution in [0.1, 0.15) is 24.3 Å². The number of Topliss-reactive ketones (excluding diaryl/α,β-unsaturated/α-hetero) is 1. The first-order valence-corrected chi connectivity index (χ1v) is 6.00. The highest BCUT2D eigenvalue weighted by Gasteiger charge is 2.46. The van der Waals surface area contributed by atoms with Crippen molar-refractivity contribution in [3.63, 3.8) is 0 Å². The molecule has 0 spiro atoms. The van der Waals surface area contributed by atoms with E-state index in [1.54, 1.807) is 0 Å². The van der Waals surface area contributed by atoms with Crippen molar-refractivity contribution in [2.75, 3.05) is 0 Å². The Bertz CT molecular complexity index is 524. The van der Waals surface area contributed by atoms with Crippen molar-refractivity contribution >= 4 is 5.78 Å². The number of rotatable bonds is 1. The maximum absolute atomic E-state index is 12.1. The van der Waals surface area contributed by atoms with E-state index in [1.807, 2.05) is 24.3 Å². The first-order valence-electron chi connectivity index (χ1n) is 6.00. The van der Waals surface area contributed by atoms with E-state index in [9.17, 15) is 4.79 Å². The number of ketones is 1. The molecule has 0 radical (unpaired) electrons. The molecule has 2 aliphatic carbocycles. The fourth-order valence-electron chi connectivity index (χ4n) is 3.14. The van der Waals surface area contributed by atoms with Gasteiger partial charge >= 0.3 is 0 Å². The van der Waals surface area contributed by atoms with Crippen molar-refractivity contribution in [3.8, 4) is 6.07 Å². The summed E-state index contributed by atoms with van der Waals surface area (Å²) in [6.07, 6.45) is 3.50. The Balaban J connectivity index is 1.95. The third-order valence-corrected chi connectivity index (χ3v) is 4.01. The van der Waals surface area contributed by atoms with Gasteiger partial charge in [0.2, 0.25) is 0 Å². The van der Waals surface area contributed by atoms with Crippen molar-refractivity contribution in [2.45, 2.75) is 18.8 Å². The van der Waals surface area contributed by atoms with E-state index < -0.39 is 0 Å². The standard InChI is InChI=1S/C15H13NO/c16-9-11-6-7-12-13(8-14(11)15(12)17)10-4-2-1-3-5-10/h1-6,12-14H,7-8H2/t12-,13+,14-/m1/s1. The molecular formula is C15H13NO. The molecule has 3 rings (SSSR count). The summed E-state index contributed by atoms with van der Waals surface area (Å²) in [5, 5.41) is 9.02. The number of fused-ring (bicyclic) bond motifs is 2. The van der Waals surface area contributed by atoms with Gasteiger partial charge in [-0.1, -0.05) is 36.4 Å². The summed E-state index contributed by atoms with van der Waals surface area (Å²) in [6, 6.07) is 12.4. The molecule has 0 aromatic heterocycles. The smallest absolute Gasteiger partial charge is 0.145 e. The number of hydrogen-bond donors (Lipinski definition) is 0.